The number of nitrogens with zero attached hydrogens (tertiary/aromatic N) is 3. The first-order valence-corrected chi connectivity index (χ1v) is 6.62. The Bertz CT molecular complexity index is 567. The standard InChI is InChI=1S/C14H18N4O2/c1-12-13(5-4-6-14(12)18(19)20)16-7-2-3-9-17-10-8-15-11-17/h4-6,8,10-11,16H,2-3,7,9H2,1H3. The van der Waals surface area contributed by atoms with Gasteiger partial charge < -0.3 is 9.88 Å². The number of nitro groups is 1. The molecule has 6 nitrogen and oxygen atoms in total. The summed E-state index contributed by atoms with van der Waals surface area (Å²) in [4.78, 5) is 14.5. The molecule has 2 aromatic rings. The largest absolute Gasteiger partial charge is 0.385 e. The number of aromatic nitrogens is 2. The maximum Gasteiger partial charge on any atom is 0.274 e. The fourth-order valence-corrected chi connectivity index (χ4v) is 2.07. The molecule has 0 radical (unpaired) electrons. The van der Waals surface area contributed by atoms with Gasteiger partial charge in [-0.2, -0.15) is 0 Å². The van der Waals surface area contributed by atoms with E-state index in [1.807, 2.05) is 16.8 Å². The van der Waals surface area contributed by atoms with E-state index in [9.17, 15) is 10.1 Å². The highest BCUT2D eigenvalue weighted by atomic mass is 16.6. The van der Waals surface area contributed by atoms with E-state index in [4.69, 9.17) is 0 Å². The Kier molecular flexibility index (Phi) is 4.70. The van der Waals surface area contributed by atoms with Crippen LogP contribution in [0, 0.1) is 17.0 Å². The van der Waals surface area contributed by atoms with Gasteiger partial charge in [0.25, 0.3) is 5.69 Å². The van der Waals surface area contributed by atoms with Gasteiger partial charge in [0.2, 0.25) is 0 Å². The van der Waals surface area contributed by atoms with E-state index in [-0.39, 0.29) is 10.6 Å². The Balaban J connectivity index is 1.79. The minimum absolute atomic E-state index is 0.161. The fraction of sp³-hybridized carbons (Fsp3) is 0.357. The molecule has 6 heteroatoms. The lowest BCUT2D eigenvalue weighted by molar-refractivity contribution is -0.385. The van der Waals surface area contributed by atoms with Crippen molar-refractivity contribution in [1.82, 2.24) is 9.55 Å². The summed E-state index contributed by atoms with van der Waals surface area (Å²) in [5.41, 5.74) is 1.68. The molecule has 0 aliphatic rings. The second-order valence-electron chi connectivity index (χ2n) is 4.64. The molecule has 1 N–H and O–H groups in total. The number of hydrogen-bond donors (Lipinski definition) is 1. The zero-order valence-electron chi connectivity index (χ0n) is 11.5. The van der Waals surface area contributed by atoms with Crippen LogP contribution in [-0.2, 0) is 6.54 Å². The van der Waals surface area contributed by atoms with Crippen molar-refractivity contribution >= 4 is 11.4 Å². The van der Waals surface area contributed by atoms with Gasteiger partial charge in [0, 0.05) is 42.8 Å². The molecule has 0 amide bonds. The van der Waals surface area contributed by atoms with E-state index >= 15 is 0 Å². The highest BCUT2D eigenvalue weighted by molar-refractivity contribution is 5.59. The number of benzene rings is 1. The van der Waals surface area contributed by atoms with Crippen LogP contribution in [0.5, 0.6) is 0 Å². The van der Waals surface area contributed by atoms with Crippen LogP contribution in [0.1, 0.15) is 18.4 Å². The van der Waals surface area contributed by atoms with Crippen molar-refractivity contribution < 1.29 is 4.92 Å². The zero-order valence-corrected chi connectivity index (χ0v) is 11.5. The summed E-state index contributed by atoms with van der Waals surface area (Å²) in [6, 6.07) is 5.11. The highest BCUT2D eigenvalue weighted by Crippen LogP contribution is 2.24. The third kappa shape index (κ3) is 3.57. The van der Waals surface area contributed by atoms with Gasteiger partial charge in [0.15, 0.2) is 0 Å². The number of hydrogen-bond acceptors (Lipinski definition) is 4. The van der Waals surface area contributed by atoms with Gasteiger partial charge in [-0.25, -0.2) is 4.98 Å². The summed E-state index contributed by atoms with van der Waals surface area (Å²) in [6.07, 6.45) is 7.55. The van der Waals surface area contributed by atoms with Crippen molar-refractivity contribution in [3.63, 3.8) is 0 Å². The molecule has 0 unspecified atom stereocenters. The first-order chi connectivity index (χ1) is 9.68. The Morgan fingerprint density at radius 2 is 2.25 bits per heavy atom. The van der Waals surface area contributed by atoms with E-state index < -0.39 is 0 Å². The first-order valence-electron chi connectivity index (χ1n) is 6.62. The zero-order chi connectivity index (χ0) is 14.4. The Morgan fingerprint density at radius 3 is 2.95 bits per heavy atom. The molecular formula is C14H18N4O2. The van der Waals surface area contributed by atoms with Crippen LogP contribution in [-0.4, -0.2) is 21.0 Å². The Hall–Kier alpha value is -2.37. The molecule has 2 rings (SSSR count). The second-order valence-corrected chi connectivity index (χ2v) is 4.64. The highest BCUT2D eigenvalue weighted by Gasteiger charge is 2.12. The Morgan fingerprint density at radius 1 is 1.40 bits per heavy atom. The van der Waals surface area contributed by atoms with Crippen molar-refractivity contribution in [1.29, 1.82) is 0 Å². The van der Waals surface area contributed by atoms with Gasteiger partial charge in [-0.05, 0) is 25.8 Å². The molecule has 0 atom stereocenters. The average molecular weight is 274 g/mol. The van der Waals surface area contributed by atoms with Gasteiger partial charge in [0.1, 0.15) is 0 Å². The molecular weight excluding hydrogens is 256 g/mol. The van der Waals surface area contributed by atoms with Gasteiger partial charge in [-0.1, -0.05) is 6.07 Å². The quantitative estimate of drug-likeness (QED) is 0.478. The van der Waals surface area contributed by atoms with Crippen LogP contribution < -0.4 is 5.32 Å². The van der Waals surface area contributed by atoms with Crippen molar-refractivity contribution in [2.75, 3.05) is 11.9 Å². The molecule has 0 fully saturated rings. The number of nitro benzene ring substituents is 1. The van der Waals surface area contributed by atoms with E-state index in [2.05, 4.69) is 10.3 Å². The van der Waals surface area contributed by atoms with Crippen LogP contribution in [0.3, 0.4) is 0 Å². The van der Waals surface area contributed by atoms with Gasteiger partial charge in [0.05, 0.1) is 11.3 Å². The molecule has 20 heavy (non-hydrogen) atoms. The predicted molar refractivity (Wildman–Crippen MR) is 77.8 cm³/mol. The number of imidazole rings is 1. The molecule has 1 heterocycles. The first kappa shape index (κ1) is 14.0. The number of anilines is 1. The molecule has 0 spiro atoms. The summed E-state index contributed by atoms with van der Waals surface area (Å²) >= 11 is 0. The monoisotopic (exact) mass is 274 g/mol. The second kappa shape index (κ2) is 6.70. The summed E-state index contributed by atoms with van der Waals surface area (Å²) in [5, 5.41) is 14.1. The van der Waals surface area contributed by atoms with Crippen molar-refractivity contribution in [2.45, 2.75) is 26.3 Å². The number of rotatable bonds is 7. The number of aryl methyl sites for hydroxylation is 1. The van der Waals surface area contributed by atoms with Crippen molar-refractivity contribution in [3.05, 3.63) is 52.6 Å². The number of unbranched alkanes of at least 4 members (excludes halogenated alkanes) is 1. The van der Waals surface area contributed by atoms with Crippen LogP contribution in [0.4, 0.5) is 11.4 Å². The number of nitrogens with one attached hydrogen (secondary N) is 1. The van der Waals surface area contributed by atoms with Crippen LogP contribution in [0.15, 0.2) is 36.9 Å². The van der Waals surface area contributed by atoms with Crippen molar-refractivity contribution in [2.24, 2.45) is 0 Å². The summed E-state index contributed by atoms with van der Waals surface area (Å²) in [5.74, 6) is 0. The van der Waals surface area contributed by atoms with E-state index in [1.165, 1.54) is 6.07 Å². The van der Waals surface area contributed by atoms with Gasteiger partial charge in [-0.15, -0.1) is 0 Å². The van der Waals surface area contributed by atoms with E-state index in [0.29, 0.717) is 5.56 Å². The third-order valence-electron chi connectivity index (χ3n) is 3.22. The molecule has 0 saturated carbocycles. The SMILES string of the molecule is Cc1c(NCCCCn2ccnc2)cccc1[N+](=O)[O-]. The fourth-order valence-electron chi connectivity index (χ4n) is 2.07. The summed E-state index contributed by atoms with van der Waals surface area (Å²) in [7, 11) is 0. The molecule has 106 valence electrons. The minimum Gasteiger partial charge on any atom is -0.385 e. The van der Waals surface area contributed by atoms with Crippen LogP contribution in [0.25, 0.3) is 0 Å². The topological polar surface area (TPSA) is 73.0 Å². The average Bonchev–Trinajstić information content (AvgIpc) is 2.93. The Labute approximate surface area is 117 Å². The molecule has 0 saturated heterocycles. The molecule has 1 aromatic carbocycles. The van der Waals surface area contributed by atoms with Gasteiger partial charge >= 0.3 is 0 Å². The molecule has 0 aliphatic heterocycles. The molecule has 0 bridgehead atoms. The van der Waals surface area contributed by atoms with E-state index in [1.54, 1.807) is 25.5 Å². The maximum absolute atomic E-state index is 10.9. The van der Waals surface area contributed by atoms with E-state index in [0.717, 1.165) is 31.6 Å². The minimum atomic E-state index is -0.348. The lowest BCUT2D eigenvalue weighted by Crippen LogP contribution is -2.05. The van der Waals surface area contributed by atoms with Crippen molar-refractivity contribution in [3.8, 4) is 0 Å². The smallest absolute Gasteiger partial charge is 0.274 e. The maximum atomic E-state index is 10.9. The normalized spacial score (nSPS) is 10.4. The lowest BCUT2D eigenvalue weighted by Gasteiger charge is -2.09. The van der Waals surface area contributed by atoms with Crippen LogP contribution in [0.2, 0.25) is 0 Å². The summed E-state index contributed by atoms with van der Waals surface area (Å²) in [6.45, 7) is 3.51. The predicted octanol–water partition coefficient (Wildman–Crippen LogP) is 2.99. The van der Waals surface area contributed by atoms with Gasteiger partial charge in [-0.3, -0.25) is 10.1 Å². The molecule has 0 aliphatic carbocycles. The molecule has 1 aromatic heterocycles. The third-order valence-corrected chi connectivity index (χ3v) is 3.22. The van der Waals surface area contributed by atoms with Crippen LogP contribution >= 0.6 is 0 Å². The summed E-state index contributed by atoms with van der Waals surface area (Å²) < 4.78 is 2.04. The lowest BCUT2D eigenvalue weighted by atomic mass is 10.1.